The zero-order valence-corrected chi connectivity index (χ0v) is 14.3. The summed E-state index contributed by atoms with van der Waals surface area (Å²) < 4.78 is 44.1. The molecule has 0 saturated carbocycles. The number of hydrogen-bond donors (Lipinski definition) is 1. The van der Waals surface area contributed by atoms with Crippen molar-refractivity contribution in [2.75, 3.05) is 0 Å². The van der Waals surface area contributed by atoms with E-state index in [-0.39, 0.29) is 12.3 Å². The van der Waals surface area contributed by atoms with Gasteiger partial charge in [0, 0.05) is 11.1 Å². The van der Waals surface area contributed by atoms with Gasteiger partial charge >= 0.3 is 11.9 Å². The molecule has 0 bridgehead atoms. The summed E-state index contributed by atoms with van der Waals surface area (Å²) in [6.45, 7) is 0.275. The molecule has 1 heterocycles. The van der Waals surface area contributed by atoms with E-state index in [4.69, 9.17) is 16.3 Å². The number of rotatable bonds is 4. The number of H-pyrrole nitrogens is 1. The van der Waals surface area contributed by atoms with Crippen LogP contribution in [-0.2, 0) is 12.8 Å². The fourth-order valence-corrected chi connectivity index (χ4v) is 2.46. The zero-order valence-electron chi connectivity index (χ0n) is 13.6. The fourth-order valence-electron chi connectivity index (χ4n) is 2.33. The molecule has 0 spiro atoms. The van der Waals surface area contributed by atoms with Crippen molar-refractivity contribution in [3.63, 3.8) is 0 Å². The van der Waals surface area contributed by atoms with Gasteiger partial charge in [-0.2, -0.15) is 13.2 Å². The van der Waals surface area contributed by atoms with Crippen molar-refractivity contribution < 1.29 is 17.9 Å². The summed E-state index contributed by atoms with van der Waals surface area (Å²) in [6.07, 6.45) is -4.81. The first-order valence-electron chi connectivity index (χ1n) is 7.65. The van der Waals surface area contributed by atoms with Crippen LogP contribution in [0.5, 0.6) is 5.75 Å². The van der Waals surface area contributed by atoms with Gasteiger partial charge in [-0.05, 0) is 42.0 Å². The predicted octanol–water partition coefficient (Wildman–Crippen LogP) is 3.78. The van der Waals surface area contributed by atoms with Gasteiger partial charge < -0.3 is 9.72 Å². The van der Waals surface area contributed by atoms with Crippen LogP contribution in [0, 0.1) is 0 Å². The molecule has 0 aliphatic carbocycles. The lowest BCUT2D eigenvalue weighted by Crippen LogP contribution is -2.35. The first-order valence-corrected chi connectivity index (χ1v) is 8.03. The summed E-state index contributed by atoms with van der Waals surface area (Å²) in [4.78, 5) is 25.5. The first-order chi connectivity index (χ1) is 12.7. The van der Waals surface area contributed by atoms with Crippen molar-refractivity contribution in [2.24, 2.45) is 0 Å². The molecule has 3 rings (SSSR count). The van der Waals surface area contributed by atoms with Crippen LogP contribution in [0.4, 0.5) is 13.2 Å². The first kappa shape index (κ1) is 18.8. The molecule has 0 atom stereocenters. The van der Waals surface area contributed by atoms with Gasteiger partial charge in [0.1, 0.15) is 18.1 Å². The molecular formula is C18H12ClF3N2O3. The van der Waals surface area contributed by atoms with Gasteiger partial charge in [0.25, 0.3) is 5.56 Å². The number of ether oxygens (including phenoxy) is 1. The van der Waals surface area contributed by atoms with Gasteiger partial charge in [0.15, 0.2) is 0 Å². The predicted molar refractivity (Wildman–Crippen MR) is 93.4 cm³/mol. The van der Waals surface area contributed by atoms with Crippen molar-refractivity contribution >= 4 is 11.6 Å². The molecule has 3 aromatic rings. The summed E-state index contributed by atoms with van der Waals surface area (Å²) in [5.41, 5.74) is -2.64. The van der Waals surface area contributed by atoms with E-state index in [9.17, 15) is 22.8 Å². The second kappa shape index (κ2) is 7.32. The van der Waals surface area contributed by atoms with Gasteiger partial charge in [-0.3, -0.25) is 4.79 Å². The third-order valence-electron chi connectivity index (χ3n) is 3.65. The van der Waals surface area contributed by atoms with Gasteiger partial charge in [0.05, 0.1) is 5.69 Å². The van der Waals surface area contributed by atoms with Crippen molar-refractivity contribution in [3.05, 3.63) is 91.7 Å². The second-order valence-electron chi connectivity index (χ2n) is 5.57. The minimum absolute atomic E-state index is 0.119. The molecule has 0 unspecified atom stereocenters. The van der Waals surface area contributed by atoms with E-state index in [1.807, 2.05) is 0 Å². The highest BCUT2D eigenvalue weighted by Crippen LogP contribution is 2.25. The molecule has 0 aliphatic rings. The summed E-state index contributed by atoms with van der Waals surface area (Å²) in [7, 11) is 0. The maximum Gasteiger partial charge on any atom is 0.431 e. The Kier molecular flexibility index (Phi) is 5.09. The van der Waals surface area contributed by atoms with Crippen LogP contribution in [0.2, 0.25) is 5.02 Å². The Labute approximate surface area is 155 Å². The fraction of sp³-hybridized carbons (Fsp3) is 0.111. The zero-order chi connectivity index (χ0) is 19.6. The van der Waals surface area contributed by atoms with Gasteiger partial charge in [-0.1, -0.05) is 23.7 Å². The average molecular weight is 397 g/mol. The van der Waals surface area contributed by atoms with Crippen molar-refractivity contribution in [3.8, 4) is 11.4 Å². The number of nitrogens with one attached hydrogen (secondary N) is 1. The lowest BCUT2D eigenvalue weighted by Gasteiger charge is -2.10. The van der Waals surface area contributed by atoms with Crippen LogP contribution in [-0.4, -0.2) is 9.55 Å². The monoisotopic (exact) mass is 396 g/mol. The third kappa shape index (κ3) is 4.40. The minimum atomic E-state index is -4.81. The summed E-state index contributed by atoms with van der Waals surface area (Å²) >= 11 is 5.81. The maximum atomic E-state index is 12.6. The maximum absolute atomic E-state index is 12.6. The van der Waals surface area contributed by atoms with Gasteiger partial charge in [-0.25, -0.2) is 9.36 Å². The van der Waals surface area contributed by atoms with Crippen LogP contribution in [0.3, 0.4) is 0 Å². The molecule has 27 heavy (non-hydrogen) atoms. The largest absolute Gasteiger partial charge is 0.489 e. The number of aromatic nitrogens is 2. The summed E-state index contributed by atoms with van der Waals surface area (Å²) in [5.74, 6) is 0.463. The third-order valence-corrected chi connectivity index (χ3v) is 3.90. The van der Waals surface area contributed by atoms with E-state index in [1.165, 1.54) is 24.3 Å². The van der Waals surface area contributed by atoms with E-state index >= 15 is 0 Å². The Morgan fingerprint density at radius 3 is 2.19 bits per heavy atom. The summed E-state index contributed by atoms with van der Waals surface area (Å²) in [6, 6.07) is 13.2. The van der Waals surface area contributed by atoms with Crippen LogP contribution < -0.4 is 16.0 Å². The topological polar surface area (TPSA) is 64.1 Å². The number of aromatic amines is 1. The molecule has 0 amide bonds. The quantitative estimate of drug-likeness (QED) is 0.730. The molecule has 5 nitrogen and oxygen atoms in total. The molecule has 140 valence electrons. The van der Waals surface area contributed by atoms with Crippen molar-refractivity contribution in [1.82, 2.24) is 9.55 Å². The van der Waals surface area contributed by atoms with Crippen LogP contribution in [0.15, 0.2) is 64.2 Å². The molecule has 1 aromatic heterocycles. The normalized spacial score (nSPS) is 11.4. The molecule has 0 radical (unpaired) electrons. The number of nitrogens with zero attached hydrogens (tertiary/aromatic N) is 1. The van der Waals surface area contributed by atoms with Crippen molar-refractivity contribution in [2.45, 2.75) is 12.8 Å². The van der Waals surface area contributed by atoms with E-state index < -0.39 is 23.1 Å². The highest BCUT2D eigenvalue weighted by molar-refractivity contribution is 6.30. The highest BCUT2D eigenvalue weighted by atomic mass is 35.5. The molecule has 0 saturated heterocycles. The van der Waals surface area contributed by atoms with E-state index in [1.54, 1.807) is 29.2 Å². The van der Waals surface area contributed by atoms with E-state index in [0.29, 0.717) is 21.4 Å². The molecule has 0 aliphatic heterocycles. The molecular weight excluding hydrogens is 385 g/mol. The Morgan fingerprint density at radius 2 is 1.63 bits per heavy atom. The SMILES string of the molecule is O=c1cc(C(F)(F)F)[nH]c(=O)n1-c1ccc(OCc2ccc(Cl)cc2)cc1. The van der Waals surface area contributed by atoms with Crippen LogP contribution >= 0.6 is 11.6 Å². The Hall–Kier alpha value is -3.00. The molecule has 1 N–H and O–H groups in total. The van der Waals surface area contributed by atoms with Crippen molar-refractivity contribution in [1.29, 1.82) is 0 Å². The molecule has 2 aromatic carbocycles. The van der Waals surface area contributed by atoms with Crippen LogP contribution in [0.25, 0.3) is 5.69 Å². The Balaban J connectivity index is 1.80. The van der Waals surface area contributed by atoms with Gasteiger partial charge in [-0.15, -0.1) is 0 Å². The van der Waals surface area contributed by atoms with E-state index in [2.05, 4.69) is 0 Å². The smallest absolute Gasteiger partial charge is 0.431 e. The number of benzene rings is 2. The number of halogens is 4. The number of hydrogen-bond acceptors (Lipinski definition) is 3. The standard InChI is InChI=1S/C18H12ClF3N2O3/c19-12-3-1-11(2-4-12)10-27-14-7-5-13(6-8-14)24-16(25)9-15(18(20,21)22)23-17(24)26/h1-9H,10H2,(H,23,26). The molecule has 0 fully saturated rings. The lowest BCUT2D eigenvalue weighted by molar-refractivity contribution is -0.141. The lowest BCUT2D eigenvalue weighted by atomic mass is 10.2. The Morgan fingerprint density at radius 1 is 1.00 bits per heavy atom. The summed E-state index contributed by atoms with van der Waals surface area (Å²) in [5, 5.41) is 0.607. The van der Waals surface area contributed by atoms with Gasteiger partial charge in [0.2, 0.25) is 0 Å². The molecule has 9 heteroatoms. The highest BCUT2D eigenvalue weighted by Gasteiger charge is 2.33. The van der Waals surface area contributed by atoms with Crippen LogP contribution in [0.1, 0.15) is 11.3 Å². The minimum Gasteiger partial charge on any atom is -0.489 e. The second-order valence-corrected chi connectivity index (χ2v) is 6.01. The van der Waals surface area contributed by atoms with E-state index in [0.717, 1.165) is 5.56 Å². The average Bonchev–Trinajstić information content (AvgIpc) is 2.61. The Bertz CT molecular complexity index is 1020. The number of alkyl halides is 3.